The van der Waals surface area contributed by atoms with Gasteiger partial charge in [0.15, 0.2) is 24.5 Å². The van der Waals surface area contributed by atoms with Crippen LogP contribution in [0.5, 0.6) is 0 Å². The standard InChI is InChI=1S/C39H61N3O11/c1-6-7-8-9-10-11-12-13-14-15-16-17-18-19-20-21-32-26-34(47)40-39(41-22-24-48-25-23-41)42(32)38-37(52-31(5)46)36(51-30(4)45)35(50-29(3)44)33(53-38)27-49-28(2)43/h13-14,26,33,35-38H,6-12,15-25,27H2,1-5H3/t33-,35-,36+,37-,38-/m1/s1. The molecule has 0 amide bonds. The molecule has 2 saturated heterocycles. The van der Waals surface area contributed by atoms with E-state index in [-0.39, 0.29) is 12.6 Å². The summed E-state index contributed by atoms with van der Waals surface area (Å²) >= 11 is 0. The third kappa shape index (κ3) is 15.2. The number of hydrogen-bond donors (Lipinski definition) is 0. The fourth-order valence-electron chi connectivity index (χ4n) is 6.77. The van der Waals surface area contributed by atoms with E-state index in [2.05, 4.69) is 24.1 Å². The minimum atomic E-state index is -1.36. The summed E-state index contributed by atoms with van der Waals surface area (Å²) in [6.45, 7) is 8.30. The van der Waals surface area contributed by atoms with Crippen LogP contribution < -0.4 is 10.5 Å². The lowest BCUT2D eigenvalue weighted by Crippen LogP contribution is -2.61. The van der Waals surface area contributed by atoms with Crippen molar-refractivity contribution in [2.45, 2.75) is 155 Å². The molecule has 0 bridgehead atoms. The monoisotopic (exact) mass is 747 g/mol. The highest BCUT2D eigenvalue weighted by Crippen LogP contribution is 2.37. The molecule has 0 spiro atoms. The molecule has 298 valence electrons. The summed E-state index contributed by atoms with van der Waals surface area (Å²) in [6.07, 6.45) is 13.6. The molecule has 3 heterocycles. The Bertz CT molecular complexity index is 1390. The highest BCUT2D eigenvalue weighted by molar-refractivity contribution is 5.68. The maximum absolute atomic E-state index is 13.1. The molecule has 0 aromatic carbocycles. The quantitative estimate of drug-likeness (QED) is 0.0631. The minimum Gasteiger partial charge on any atom is -0.463 e. The molecule has 0 radical (unpaired) electrons. The summed E-state index contributed by atoms with van der Waals surface area (Å²) in [4.78, 5) is 68.7. The summed E-state index contributed by atoms with van der Waals surface area (Å²) in [7, 11) is 0. The van der Waals surface area contributed by atoms with Crippen molar-refractivity contribution < 1.29 is 47.6 Å². The maximum atomic E-state index is 13.1. The van der Waals surface area contributed by atoms with Crippen LogP contribution in [0.4, 0.5) is 5.95 Å². The number of hydrogen-bond acceptors (Lipinski definition) is 13. The van der Waals surface area contributed by atoms with Gasteiger partial charge in [0.2, 0.25) is 5.95 Å². The van der Waals surface area contributed by atoms with Crippen LogP contribution in [0.15, 0.2) is 23.0 Å². The van der Waals surface area contributed by atoms with Crippen molar-refractivity contribution in [3.05, 3.63) is 34.3 Å². The van der Waals surface area contributed by atoms with Crippen LogP contribution in [0.25, 0.3) is 0 Å². The van der Waals surface area contributed by atoms with Crippen LogP contribution in [0.2, 0.25) is 0 Å². The average Bonchev–Trinajstić information content (AvgIpc) is 3.10. The van der Waals surface area contributed by atoms with Gasteiger partial charge < -0.3 is 33.3 Å². The number of nitrogens with zero attached hydrogens (tertiary/aromatic N) is 3. The van der Waals surface area contributed by atoms with Crippen LogP contribution in [0, 0.1) is 0 Å². The largest absolute Gasteiger partial charge is 0.463 e. The van der Waals surface area contributed by atoms with Crippen molar-refractivity contribution in [2.24, 2.45) is 0 Å². The fourth-order valence-corrected chi connectivity index (χ4v) is 6.77. The predicted octanol–water partition coefficient (Wildman–Crippen LogP) is 5.53. The van der Waals surface area contributed by atoms with Crippen LogP contribution in [-0.4, -0.2) is 90.8 Å². The van der Waals surface area contributed by atoms with Crippen molar-refractivity contribution in [3.8, 4) is 0 Å². The molecular formula is C39H61N3O11. The molecule has 2 aliphatic heterocycles. The molecule has 0 unspecified atom stereocenters. The molecular weight excluding hydrogens is 686 g/mol. The first-order valence-electron chi connectivity index (χ1n) is 19.4. The van der Waals surface area contributed by atoms with Crippen molar-refractivity contribution in [1.82, 2.24) is 9.55 Å². The SMILES string of the molecule is CCCCCCCCC=CCCCCCCCc1cc(=O)nc(N2CCOCC2)n1[C@@H]1O[C@H](COC(C)=O)[C@@H](OC(C)=O)[C@H](OC(C)=O)[C@H]1OC(C)=O. The average molecular weight is 748 g/mol. The molecule has 3 rings (SSSR count). The van der Waals surface area contributed by atoms with Crippen molar-refractivity contribution in [2.75, 3.05) is 37.8 Å². The Labute approximate surface area is 313 Å². The number of morpholine rings is 1. The summed E-state index contributed by atoms with van der Waals surface area (Å²) in [5.74, 6) is -2.49. The van der Waals surface area contributed by atoms with Gasteiger partial charge in [0.05, 0.1) is 13.2 Å². The molecule has 2 aliphatic rings. The van der Waals surface area contributed by atoms with Gasteiger partial charge in [0.25, 0.3) is 5.56 Å². The molecule has 5 atom stereocenters. The Morgan fingerprint density at radius 1 is 0.755 bits per heavy atom. The number of carbonyl (C=O) groups excluding carboxylic acids is 4. The summed E-state index contributed by atoms with van der Waals surface area (Å²) in [5.41, 5.74) is 0.126. The van der Waals surface area contributed by atoms with Crippen LogP contribution in [0.1, 0.15) is 130 Å². The van der Waals surface area contributed by atoms with E-state index < -0.39 is 60.1 Å². The van der Waals surface area contributed by atoms with Crippen molar-refractivity contribution in [3.63, 3.8) is 0 Å². The van der Waals surface area contributed by atoms with Gasteiger partial charge in [0, 0.05) is 52.5 Å². The van der Waals surface area contributed by atoms with E-state index in [4.69, 9.17) is 28.4 Å². The number of unbranched alkanes of at least 4 members (excludes halogenated alkanes) is 11. The summed E-state index contributed by atoms with van der Waals surface area (Å²) in [5, 5.41) is 0. The number of ether oxygens (including phenoxy) is 6. The van der Waals surface area contributed by atoms with Gasteiger partial charge in [-0.25, -0.2) is 0 Å². The first kappa shape index (κ1) is 43.6. The zero-order valence-electron chi connectivity index (χ0n) is 32.4. The third-order valence-corrected chi connectivity index (χ3v) is 9.23. The highest BCUT2D eigenvalue weighted by atomic mass is 16.7. The van der Waals surface area contributed by atoms with Gasteiger partial charge in [0.1, 0.15) is 12.7 Å². The second-order valence-corrected chi connectivity index (χ2v) is 13.8. The molecule has 2 fully saturated rings. The number of aromatic nitrogens is 2. The number of rotatable bonds is 22. The predicted molar refractivity (Wildman–Crippen MR) is 197 cm³/mol. The van der Waals surface area contributed by atoms with E-state index in [0.29, 0.717) is 38.4 Å². The lowest BCUT2D eigenvalue weighted by Gasteiger charge is -2.46. The molecule has 53 heavy (non-hydrogen) atoms. The molecule has 0 saturated carbocycles. The summed E-state index contributed by atoms with van der Waals surface area (Å²) in [6, 6.07) is 1.44. The number of anilines is 1. The van der Waals surface area contributed by atoms with Crippen LogP contribution in [-0.2, 0) is 54.0 Å². The Morgan fingerprint density at radius 2 is 1.30 bits per heavy atom. The van der Waals surface area contributed by atoms with E-state index in [9.17, 15) is 24.0 Å². The van der Waals surface area contributed by atoms with E-state index in [1.165, 1.54) is 72.3 Å². The van der Waals surface area contributed by atoms with Gasteiger partial charge >= 0.3 is 23.9 Å². The normalized spacial score (nSPS) is 21.7. The highest BCUT2D eigenvalue weighted by Gasteiger charge is 2.53. The van der Waals surface area contributed by atoms with Crippen molar-refractivity contribution in [1.29, 1.82) is 0 Å². The molecule has 14 heteroatoms. The van der Waals surface area contributed by atoms with E-state index in [0.717, 1.165) is 44.9 Å². The van der Waals surface area contributed by atoms with Gasteiger partial charge in [-0.1, -0.05) is 70.4 Å². The number of aryl methyl sites for hydroxylation is 1. The zero-order valence-corrected chi connectivity index (χ0v) is 32.4. The van der Waals surface area contributed by atoms with Gasteiger partial charge in [-0.2, -0.15) is 4.98 Å². The van der Waals surface area contributed by atoms with E-state index in [1.54, 1.807) is 4.57 Å². The fraction of sp³-hybridized carbons (Fsp3) is 0.744. The van der Waals surface area contributed by atoms with E-state index in [1.807, 2.05) is 4.90 Å². The minimum absolute atomic E-state index is 0.268. The second-order valence-electron chi connectivity index (χ2n) is 13.8. The Morgan fingerprint density at radius 3 is 1.89 bits per heavy atom. The first-order chi connectivity index (χ1) is 25.5. The second kappa shape index (κ2) is 23.8. The molecule has 0 aliphatic carbocycles. The maximum Gasteiger partial charge on any atom is 0.303 e. The number of allylic oxidation sites excluding steroid dienone is 2. The molecule has 0 N–H and O–H groups in total. The molecule has 14 nitrogen and oxygen atoms in total. The lowest BCUT2D eigenvalue weighted by atomic mass is 9.96. The van der Waals surface area contributed by atoms with Crippen molar-refractivity contribution >= 4 is 29.8 Å². The Kier molecular flexibility index (Phi) is 19.6. The van der Waals surface area contributed by atoms with Gasteiger partial charge in [-0.05, 0) is 38.5 Å². The topological polar surface area (TPSA) is 162 Å². The van der Waals surface area contributed by atoms with E-state index >= 15 is 0 Å². The third-order valence-electron chi connectivity index (χ3n) is 9.23. The van der Waals surface area contributed by atoms with Gasteiger partial charge in [-0.15, -0.1) is 0 Å². The van der Waals surface area contributed by atoms with Gasteiger partial charge in [-0.3, -0.25) is 28.5 Å². The molecule has 1 aromatic rings. The van der Waals surface area contributed by atoms with Crippen LogP contribution in [0.3, 0.4) is 0 Å². The molecule has 1 aromatic heterocycles. The number of carbonyl (C=O) groups is 4. The smallest absolute Gasteiger partial charge is 0.303 e. The van der Waals surface area contributed by atoms with Crippen LogP contribution >= 0.6 is 0 Å². The summed E-state index contributed by atoms with van der Waals surface area (Å²) < 4.78 is 36.2. The zero-order chi connectivity index (χ0) is 38.6. The first-order valence-corrected chi connectivity index (χ1v) is 19.4. The lowest BCUT2D eigenvalue weighted by molar-refractivity contribution is -0.268. The Balaban J connectivity index is 1.85. The number of esters is 4. The Hall–Kier alpha value is -3.78.